The third kappa shape index (κ3) is 1.25. The average Bonchev–Trinajstić information content (AvgIpc) is 2.19. The molecule has 0 radical (unpaired) electrons. The predicted octanol–water partition coefficient (Wildman–Crippen LogP) is 1.37. The Morgan fingerprint density at radius 1 is 1.50 bits per heavy atom. The molecule has 1 heterocycles. The van der Waals surface area contributed by atoms with Crippen LogP contribution in [-0.4, -0.2) is 4.98 Å². The summed E-state index contributed by atoms with van der Waals surface area (Å²) in [5.74, 6) is -0.202. The van der Waals surface area contributed by atoms with Crippen LogP contribution < -0.4 is 5.63 Å². The third-order valence-corrected chi connectivity index (χ3v) is 1.88. The molecule has 0 aliphatic carbocycles. The van der Waals surface area contributed by atoms with Gasteiger partial charge >= 0.3 is 11.5 Å². The van der Waals surface area contributed by atoms with Crippen molar-refractivity contribution >= 4 is 10.9 Å². The van der Waals surface area contributed by atoms with Crippen molar-refractivity contribution in [2.45, 2.75) is 6.92 Å². The van der Waals surface area contributed by atoms with Gasteiger partial charge in [-0.1, -0.05) is 11.6 Å². The van der Waals surface area contributed by atoms with Crippen LogP contribution in [0.2, 0.25) is 0 Å². The first-order chi connectivity index (χ1) is 6.70. The molecular formula is C10H6N2O2. The highest BCUT2D eigenvalue weighted by atomic mass is 16.4. The molecule has 0 aliphatic heterocycles. The fourth-order valence-electron chi connectivity index (χ4n) is 1.23. The minimum absolute atomic E-state index is 0.202. The number of nitriles is 1. The Labute approximate surface area is 79.4 Å². The molecule has 0 spiro atoms. The van der Waals surface area contributed by atoms with E-state index in [1.54, 1.807) is 18.2 Å². The summed E-state index contributed by atoms with van der Waals surface area (Å²) in [6, 6.07) is 6.91. The lowest BCUT2D eigenvalue weighted by Gasteiger charge is -1.96. The number of hydrogen-bond acceptors (Lipinski definition) is 4. The molecule has 0 N–H and O–H groups in total. The summed E-state index contributed by atoms with van der Waals surface area (Å²) < 4.78 is 4.67. The monoisotopic (exact) mass is 186 g/mol. The summed E-state index contributed by atoms with van der Waals surface area (Å²) in [7, 11) is 0. The number of rotatable bonds is 0. The van der Waals surface area contributed by atoms with Crippen LogP contribution in [-0.2, 0) is 0 Å². The lowest BCUT2D eigenvalue weighted by atomic mass is 10.2. The molecule has 68 valence electrons. The Bertz CT molecular complexity index is 593. The molecule has 2 aromatic rings. The largest absolute Gasteiger partial charge is 0.394 e. The average molecular weight is 186 g/mol. The van der Waals surface area contributed by atoms with Gasteiger partial charge in [0.2, 0.25) is 0 Å². The first-order valence-electron chi connectivity index (χ1n) is 4.02. The molecule has 0 amide bonds. The van der Waals surface area contributed by atoms with E-state index in [0.29, 0.717) is 10.9 Å². The maximum Gasteiger partial charge on any atom is 0.347 e. The van der Waals surface area contributed by atoms with Gasteiger partial charge in [0.05, 0.1) is 10.9 Å². The number of nitrogens with zero attached hydrogens (tertiary/aromatic N) is 2. The smallest absolute Gasteiger partial charge is 0.347 e. The molecule has 0 unspecified atom stereocenters. The molecule has 1 aromatic heterocycles. The van der Waals surface area contributed by atoms with Gasteiger partial charge in [-0.2, -0.15) is 5.26 Å². The van der Waals surface area contributed by atoms with Gasteiger partial charge in [0.15, 0.2) is 6.07 Å². The second kappa shape index (κ2) is 2.96. The normalized spacial score (nSPS) is 10.0. The van der Waals surface area contributed by atoms with Crippen LogP contribution in [0.3, 0.4) is 0 Å². The van der Waals surface area contributed by atoms with Crippen molar-refractivity contribution in [2.24, 2.45) is 0 Å². The third-order valence-electron chi connectivity index (χ3n) is 1.88. The fourth-order valence-corrected chi connectivity index (χ4v) is 1.23. The number of aromatic nitrogens is 1. The molecule has 2 rings (SSSR count). The van der Waals surface area contributed by atoms with E-state index in [0.717, 1.165) is 5.56 Å². The van der Waals surface area contributed by atoms with Crippen LogP contribution in [0.15, 0.2) is 27.4 Å². The molecule has 0 atom stereocenters. The summed E-state index contributed by atoms with van der Waals surface area (Å²) in [5.41, 5.74) is 0.926. The quantitative estimate of drug-likeness (QED) is 0.623. The Balaban J connectivity index is 2.92. The number of aryl methyl sites for hydroxylation is 1. The summed E-state index contributed by atoms with van der Waals surface area (Å²) in [4.78, 5) is 15.2. The highest BCUT2D eigenvalue weighted by Gasteiger charge is 2.04. The maximum atomic E-state index is 11.4. The van der Waals surface area contributed by atoms with E-state index in [-0.39, 0.29) is 5.89 Å². The van der Waals surface area contributed by atoms with Crippen molar-refractivity contribution in [3.05, 3.63) is 40.1 Å². The van der Waals surface area contributed by atoms with E-state index < -0.39 is 5.63 Å². The van der Waals surface area contributed by atoms with E-state index in [1.165, 1.54) is 0 Å². The Hall–Kier alpha value is -2.15. The Morgan fingerprint density at radius 2 is 2.29 bits per heavy atom. The fraction of sp³-hybridized carbons (Fsp3) is 0.100. The van der Waals surface area contributed by atoms with Crippen molar-refractivity contribution in [2.75, 3.05) is 0 Å². The zero-order valence-electron chi connectivity index (χ0n) is 7.44. The van der Waals surface area contributed by atoms with Crippen molar-refractivity contribution in [1.29, 1.82) is 5.26 Å². The van der Waals surface area contributed by atoms with E-state index in [9.17, 15) is 4.79 Å². The van der Waals surface area contributed by atoms with Gasteiger partial charge < -0.3 is 4.42 Å². The van der Waals surface area contributed by atoms with Crippen LogP contribution in [0.1, 0.15) is 11.5 Å². The van der Waals surface area contributed by atoms with Crippen LogP contribution in [0.25, 0.3) is 10.9 Å². The minimum atomic E-state index is -0.518. The second-order valence-electron chi connectivity index (χ2n) is 2.94. The van der Waals surface area contributed by atoms with Crippen LogP contribution >= 0.6 is 0 Å². The number of benzene rings is 1. The predicted molar refractivity (Wildman–Crippen MR) is 49.7 cm³/mol. The molecule has 4 nitrogen and oxygen atoms in total. The number of hydrogen-bond donors (Lipinski definition) is 0. The zero-order valence-corrected chi connectivity index (χ0v) is 7.44. The molecule has 0 saturated heterocycles. The Morgan fingerprint density at radius 3 is 3.00 bits per heavy atom. The van der Waals surface area contributed by atoms with Crippen LogP contribution in [0.4, 0.5) is 0 Å². The molecule has 4 heteroatoms. The van der Waals surface area contributed by atoms with Gasteiger partial charge in [-0.25, -0.2) is 9.78 Å². The van der Waals surface area contributed by atoms with Gasteiger partial charge in [0, 0.05) is 0 Å². The summed E-state index contributed by atoms with van der Waals surface area (Å²) >= 11 is 0. The molecule has 14 heavy (non-hydrogen) atoms. The van der Waals surface area contributed by atoms with Crippen LogP contribution in [0.5, 0.6) is 0 Å². The lowest BCUT2D eigenvalue weighted by Crippen LogP contribution is -2.03. The van der Waals surface area contributed by atoms with Gasteiger partial charge in [0.1, 0.15) is 0 Å². The van der Waals surface area contributed by atoms with Gasteiger partial charge in [-0.15, -0.1) is 0 Å². The van der Waals surface area contributed by atoms with E-state index in [2.05, 4.69) is 9.40 Å². The number of fused-ring (bicyclic) bond motifs is 1. The first kappa shape index (κ1) is 8.45. The summed E-state index contributed by atoms with van der Waals surface area (Å²) in [6.07, 6.45) is 0. The zero-order chi connectivity index (χ0) is 10.1. The maximum absolute atomic E-state index is 11.4. The molecule has 0 fully saturated rings. The highest BCUT2D eigenvalue weighted by Crippen LogP contribution is 2.09. The Kier molecular flexibility index (Phi) is 1.79. The van der Waals surface area contributed by atoms with Crippen molar-refractivity contribution in [3.8, 4) is 6.07 Å². The van der Waals surface area contributed by atoms with E-state index in [4.69, 9.17) is 5.26 Å². The molecular weight excluding hydrogens is 180 g/mol. The van der Waals surface area contributed by atoms with Crippen LogP contribution in [0, 0.1) is 18.3 Å². The highest BCUT2D eigenvalue weighted by molar-refractivity contribution is 5.77. The van der Waals surface area contributed by atoms with Gasteiger partial charge in [-0.3, -0.25) is 0 Å². The van der Waals surface area contributed by atoms with Gasteiger partial charge in [-0.05, 0) is 19.1 Å². The first-order valence-corrected chi connectivity index (χ1v) is 4.02. The lowest BCUT2D eigenvalue weighted by molar-refractivity contribution is 0.486. The van der Waals surface area contributed by atoms with Crippen molar-refractivity contribution in [1.82, 2.24) is 4.98 Å². The second-order valence-corrected chi connectivity index (χ2v) is 2.94. The van der Waals surface area contributed by atoms with Gasteiger partial charge in [0.25, 0.3) is 0 Å². The van der Waals surface area contributed by atoms with E-state index in [1.807, 2.05) is 13.0 Å². The minimum Gasteiger partial charge on any atom is -0.394 e. The summed E-state index contributed by atoms with van der Waals surface area (Å²) in [5, 5.41) is 8.94. The molecule has 0 saturated carbocycles. The standard InChI is InChI=1S/C10H6N2O2/c1-6-2-3-8-7(4-6)10(13)14-9(5-11)12-8/h2-4H,1H3. The molecule has 0 bridgehead atoms. The topological polar surface area (TPSA) is 66.9 Å². The molecule has 1 aromatic carbocycles. The van der Waals surface area contributed by atoms with E-state index >= 15 is 0 Å². The van der Waals surface area contributed by atoms with Crippen molar-refractivity contribution < 1.29 is 4.42 Å². The molecule has 0 aliphatic rings. The van der Waals surface area contributed by atoms with Crippen molar-refractivity contribution in [3.63, 3.8) is 0 Å². The SMILES string of the molecule is Cc1ccc2nc(C#N)oc(=O)c2c1. The summed E-state index contributed by atoms with van der Waals surface area (Å²) in [6.45, 7) is 1.87.